The molecule has 0 aromatic rings. The summed E-state index contributed by atoms with van der Waals surface area (Å²) in [5.41, 5.74) is 0. The van der Waals surface area contributed by atoms with E-state index in [0.29, 0.717) is 24.9 Å². The molecule has 0 amide bonds. The summed E-state index contributed by atoms with van der Waals surface area (Å²) >= 11 is 0. The average molecular weight is 278 g/mol. The molecule has 0 aliphatic carbocycles. The minimum absolute atomic E-state index is 0.248. The number of hydrogen-bond acceptors (Lipinski definition) is 4. The van der Waals surface area contributed by atoms with Crippen LogP contribution in [-0.4, -0.2) is 44.9 Å². The summed E-state index contributed by atoms with van der Waals surface area (Å²) in [6.07, 6.45) is 1.03. The molecule has 1 fully saturated rings. The number of ether oxygens (including phenoxy) is 1. The molecule has 6 nitrogen and oxygen atoms in total. The van der Waals surface area contributed by atoms with Gasteiger partial charge in [0.2, 0.25) is 0 Å². The summed E-state index contributed by atoms with van der Waals surface area (Å²) in [5.74, 6) is 0.125. The van der Waals surface area contributed by atoms with Crippen molar-refractivity contribution in [3.63, 3.8) is 0 Å². The highest BCUT2D eigenvalue weighted by atomic mass is 32.2. The molecule has 2 atom stereocenters. The number of carbonyl (C=O) groups is 1. The quantitative estimate of drug-likeness (QED) is 0.737. The molecule has 2 unspecified atom stereocenters. The fraction of sp³-hybridized carbons (Fsp3) is 0.909. The van der Waals surface area contributed by atoms with Crippen molar-refractivity contribution >= 4 is 16.2 Å². The number of nitrogens with zero attached hydrogens (tertiary/aromatic N) is 1. The second-order valence-corrected chi connectivity index (χ2v) is 6.65. The Morgan fingerprint density at radius 3 is 2.39 bits per heavy atom. The van der Waals surface area contributed by atoms with E-state index >= 15 is 0 Å². The number of piperidine rings is 1. The molecule has 1 aliphatic rings. The van der Waals surface area contributed by atoms with Crippen LogP contribution in [-0.2, 0) is 19.7 Å². The van der Waals surface area contributed by atoms with E-state index in [2.05, 4.69) is 9.46 Å². The standard InChI is InChI=1S/C11H22N2O4S/c1-4-17-11(14)6-12-18(15,16)13-7-9(2)5-10(3)8-13/h9-10,12H,4-8H2,1-3H3. The van der Waals surface area contributed by atoms with Crippen LogP contribution in [0.15, 0.2) is 0 Å². The van der Waals surface area contributed by atoms with Gasteiger partial charge >= 0.3 is 5.97 Å². The molecular weight excluding hydrogens is 256 g/mol. The van der Waals surface area contributed by atoms with Crippen LogP contribution >= 0.6 is 0 Å². The third-order valence-electron chi connectivity index (χ3n) is 2.88. The molecule has 106 valence electrons. The van der Waals surface area contributed by atoms with Crippen LogP contribution in [0.2, 0.25) is 0 Å². The molecule has 1 heterocycles. The second kappa shape index (κ2) is 6.49. The maximum Gasteiger partial charge on any atom is 0.321 e. The van der Waals surface area contributed by atoms with Crippen molar-refractivity contribution in [2.75, 3.05) is 26.2 Å². The summed E-state index contributed by atoms with van der Waals surface area (Å²) in [7, 11) is -3.58. The van der Waals surface area contributed by atoms with E-state index < -0.39 is 16.2 Å². The Bertz CT molecular complexity index is 373. The summed E-state index contributed by atoms with van der Waals surface area (Å²) in [4.78, 5) is 11.1. The SMILES string of the molecule is CCOC(=O)CNS(=O)(=O)N1CC(C)CC(C)C1. The Morgan fingerprint density at radius 2 is 1.89 bits per heavy atom. The Hall–Kier alpha value is -0.660. The minimum atomic E-state index is -3.58. The fourth-order valence-corrected chi connectivity index (χ4v) is 3.64. The predicted octanol–water partition coefficient (Wildman–Crippen LogP) is 0.362. The van der Waals surface area contributed by atoms with Crippen molar-refractivity contribution in [1.82, 2.24) is 9.03 Å². The van der Waals surface area contributed by atoms with Gasteiger partial charge in [0.25, 0.3) is 10.2 Å². The third kappa shape index (κ3) is 4.55. The van der Waals surface area contributed by atoms with E-state index in [0.717, 1.165) is 6.42 Å². The Morgan fingerprint density at radius 1 is 1.33 bits per heavy atom. The fourth-order valence-electron chi connectivity index (χ4n) is 2.26. The van der Waals surface area contributed by atoms with Crippen molar-refractivity contribution < 1.29 is 17.9 Å². The van der Waals surface area contributed by atoms with Gasteiger partial charge in [-0.05, 0) is 25.2 Å². The molecule has 7 heteroatoms. The van der Waals surface area contributed by atoms with Gasteiger partial charge < -0.3 is 4.74 Å². The van der Waals surface area contributed by atoms with E-state index in [1.54, 1.807) is 6.92 Å². The highest BCUT2D eigenvalue weighted by molar-refractivity contribution is 7.87. The van der Waals surface area contributed by atoms with E-state index in [9.17, 15) is 13.2 Å². The van der Waals surface area contributed by atoms with Gasteiger partial charge in [-0.15, -0.1) is 0 Å². The smallest absolute Gasteiger partial charge is 0.321 e. The van der Waals surface area contributed by atoms with Gasteiger partial charge in [0.1, 0.15) is 6.54 Å². The number of carbonyl (C=O) groups excluding carboxylic acids is 1. The lowest BCUT2D eigenvalue weighted by molar-refractivity contribution is -0.141. The van der Waals surface area contributed by atoms with E-state index in [-0.39, 0.29) is 13.2 Å². The highest BCUT2D eigenvalue weighted by Gasteiger charge is 2.30. The molecule has 18 heavy (non-hydrogen) atoms. The maximum atomic E-state index is 12.0. The highest BCUT2D eigenvalue weighted by Crippen LogP contribution is 2.22. The normalized spacial score (nSPS) is 25.9. The van der Waals surface area contributed by atoms with Crippen molar-refractivity contribution in [3.05, 3.63) is 0 Å². The summed E-state index contributed by atoms with van der Waals surface area (Å²) in [6.45, 7) is 6.69. The van der Waals surface area contributed by atoms with Gasteiger partial charge in [-0.3, -0.25) is 4.79 Å². The first-order chi connectivity index (χ1) is 8.35. The first kappa shape index (κ1) is 15.4. The molecule has 0 spiro atoms. The Labute approximate surface area is 109 Å². The lowest BCUT2D eigenvalue weighted by Crippen LogP contribution is -2.48. The third-order valence-corrected chi connectivity index (χ3v) is 4.37. The van der Waals surface area contributed by atoms with E-state index in [1.165, 1.54) is 4.31 Å². The van der Waals surface area contributed by atoms with Crippen LogP contribution in [0.5, 0.6) is 0 Å². The molecule has 1 rings (SSSR count). The molecule has 1 N–H and O–H groups in total. The topological polar surface area (TPSA) is 75.7 Å². The monoisotopic (exact) mass is 278 g/mol. The summed E-state index contributed by atoms with van der Waals surface area (Å²) < 4.78 is 32.4. The van der Waals surface area contributed by atoms with Crippen LogP contribution in [0.25, 0.3) is 0 Å². The van der Waals surface area contributed by atoms with Crippen LogP contribution in [0, 0.1) is 11.8 Å². The average Bonchev–Trinajstić information content (AvgIpc) is 2.26. The largest absolute Gasteiger partial charge is 0.465 e. The predicted molar refractivity (Wildman–Crippen MR) is 68.1 cm³/mol. The van der Waals surface area contributed by atoms with Crippen LogP contribution in [0.3, 0.4) is 0 Å². The summed E-state index contributed by atoms with van der Waals surface area (Å²) in [5, 5.41) is 0. The van der Waals surface area contributed by atoms with E-state index in [4.69, 9.17) is 0 Å². The Balaban J connectivity index is 2.55. The van der Waals surface area contributed by atoms with Crippen molar-refractivity contribution in [3.8, 4) is 0 Å². The molecule has 1 saturated heterocycles. The first-order valence-corrected chi connectivity index (χ1v) is 7.69. The zero-order chi connectivity index (χ0) is 13.8. The molecule has 1 aliphatic heterocycles. The lowest BCUT2D eigenvalue weighted by atomic mass is 9.94. The number of rotatable bonds is 5. The van der Waals surface area contributed by atoms with Gasteiger partial charge in [0, 0.05) is 13.1 Å². The maximum absolute atomic E-state index is 12.0. The lowest BCUT2D eigenvalue weighted by Gasteiger charge is -2.33. The second-order valence-electron chi connectivity index (χ2n) is 4.89. The van der Waals surface area contributed by atoms with Crippen LogP contribution in [0.1, 0.15) is 27.2 Å². The van der Waals surface area contributed by atoms with Gasteiger partial charge in [0.05, 0.1) is 6.61 Å². The number of hydrogen-bond donors (Lipinski definition) is 1. The molecule has 0 aromatic carbocycles. The zero-order valence-corrected chi connectivity index (χ0v) is 12.0. The van der Waals surface area contributed by atoms with Crippen LogP contribution in [0.4, 0.5) is 0 Å². The number of esters is 1. The zero-order valence-electron chi connectivity index (χ0n) is 11.2. The molecule has 0 radical (unpaired) electrons. The minimum Gasteiger partial charge on any atom is -0.465 e. The molecule has 0 aromatic heterocycles. The Kier molecular flexibility index (Phi) is 5.55. The van der Waals surface area contributed by atoms with Gasteiger partial charge in [-0.25, -0.2) is 0 Å². The summed E-state index contributed by atoms with van der Waals surface area (Å²) in [6, 6.07) is 0. The van der Waals surface area contributed by atoms with Crippen molar-refractivity contribution in [2.45, 2.75) is 27.2 Å². The van der Waals surface area contributed by atoms with Gasteiger partial charge in [0.15, 0.2) is 0 Å². The van der Waals surface area contributed by atoms with Gasteiger partial charge in [-0.1, -0.05) is 13.8 Å². The van der Waals surface area contributed by atoms with Crippen molar-refractivity contribution in [1.29, 1.82) is 0 Å². The van der Waals surface area contributed by atoms with Crippen molar-refractivity contribution in [2.24, 2.45) is 11.8 Å². The molecule has 0 bridgehead atoms. The van der Waals surface area contributed by atoms with Crippen LogP contribution < -0.4 is 4.72 Å². The molecule has 0 saturated carbocycles. The van der Waals surface area contributed by atoms with E-state index in [1.807, 2.05) is 13.8 Å². The first-order valence-electron chi connectivity index (χ1n) is 6.25. The number of nitrogens with one attached hydrogen (secondary N) is 1. The van der Waals surface area contributed by atoms with Gasteiger partial charge in [-0.2, -0.15) is 17.4 Å². The molecular formula is C11H22N2O4S.